The van der Waals surface area contributed by atoms with Gasteiger partial charge in [-0.1, -0.05) is 48.5 Å². The summed E-state index contributed by atoms with van der Waals surface area (Å²) in [6.45, 7) is -0.123. The van der Waals surface area contributed by atoms with Gasteiger partial charge in [0.1, 0.15) is 23.1 Å². The third kappa shape index (κ3) is 5.28. The van der Waals surface area contributed by atoms with Gasteiger partial charge in [-0.15, -0.1) is 0 Å². The molecule has 162 valence electrons. The van der Waals surface area contributed by atoms with Gasteiger partial charge in [-0.05, 0) is 29.8 Å². The van der Waals surface area contributed by atoms with Crippen molar-refractivity contribution in [2.45, 2.75) is 18.0 Å². The molecule has 0 bridgehead atoms. The molecule has 0 aliphatic carbocycles. The van der Waals surface area contributed by atoms with Crippen LogP contribution in [0.1, 0.15) is 21.5 Å². The van der Waals surface area contributed by atoms with Gasteiger partial charge >= 0.3 is 5.97 Å². The van der Waals surface area contributed by atoms with Gasteiger partial charge in [-0.2, -0.15) is 4.31 Å². The summed E-state index contributed by atoms with van der Waals surface area (Å²) in [5.41, 5.74) is 1.05. The SMILES string of the molecule is COc1ccc(C(=O)OCc2ccccc2F)cc1S(=O)(=O)N(C)Cc1ccccc1. The summed E-state index contributed by atoms with van der Waals surface area (Å²) in [7, 11) is -1.17. The van der Waals surface area contributed by atoms with Gasteiger partial charge in [-0.3, -0.25) is 0 Å². The van der Waals surface area contributed by atoms with Crippen molar-refractivity contribution in [3.8, 4) is 5.75 Å². The Morgan fingerprint density at radius 3 is 2.35 bits per heavy atom. The quantitative estimate of drug-likeness (QED) is 0.492. The molecule has 0 saturated heterocycles. The van der Waals surface area contributed by atoms with E-state index in [1.807, 2.05) is 30.3 Å². The number of esters is 1. The second-order valence-electron chi connectivity index (χ2n) is 6.78. The Morgan fingerprint density at radius 1 is 1.00 bits per heavy atom. The molecule has 0 spiro atoms. The zero-order valence-electron chi connectivity index (χ0n) is 17.1. The smallest absolute Gasteiger partial charge is 0.338 e. The summed E-state index contributed by atoms with van der Waals surface area (Å²) in [5, 5.41) is 0. The van der Waals surface area contributed by atoms with Crippen molar-refractivity contribution in [2.24, 2.45) is 0 Å². The number of carbonyl (C=O) groups excluding carboxylic acids is 1. The minimum absolute atomic E-state index is 0.0174. The second kappa shape index (κ2) is 9.72. The predicted octanol–water partition coefficient (Wildman–Crippen LogP) is 4.01. The Morgan fingerprint density at radius 2 is 1.68 bits per heavy atom. The highest BCUT2D eigenvalue weighted by atomic mass is 32.2. The Bertz CT molecular complexity index is 1170. The number of sulfonamides is 1. The van der Waals surface area contributed by atoms with E-state index in [-0.39, 0.29) is 34.9 Å². The summed E-state index contributed by atoms with van der Waals surface area (Å²) < 4.78 is 51.6. The number of hydrogen-bond acceptors (Lipinski definition) is 5. The third-order valence-electron chi connectivity index (χ3n) is 4.65. The molecule has 0 fully saturated rings. The Kier molecular flexibility index (Phi) is 7.04. The lowest BCUT2D eigenvalue weighted by Crippen LogP contribution is -2.27. The molecule has 0 unspecified atom stereocenters. The summed E-state index contributed by atoms with van der Waals surface area (Å²) in [6.07, 6.45) is 0. The summed E-state index contributed by atoms with van der Waals surface area (Å²) >= 11 is 0. The van der Waals surface area contributed by atoms with Crippen molar-refractivity contribution in [2.75, 3.05) is 14.2 Å². The van der Waals surface area contributed by atoms with E-state index in [1.165, 1.54) is 54.9 Å². The zero-order valence-corrected chi connectivity index (χ0v) is 17.9. The van der Waals surface area contributed by atoms with Crippen LogP contribution < -0.4 is 4.74 Å². The van der Waals surface area contributed by atoms with Crippen LogP contribution in [0.25, 0.3) is 0 Å². The number of rotatable bonds is 8. The minimum Gasteiger partial charge on any atom is -0.495 e. The van der Waals surface area contributed by atoms with Gasteiger partial charge in [0.15, 0.2) is 0 Å². The molecule has 0 amide bonds. The summed E-state index contributed by atoms with van der Waals surface area (Å²) in [6, 6.07) is 19.1. The van der Waals surface area contributed by atoms with E-state index in [2.05, 4.69) is 0 Å². The highest BCUT2D eigenvalue weighted by Gasteiger charge is 2.26. The molecule has 3 aromatic carbocycles. The fraction of sp³-hybridized carbons (Fsp3) is 0.174. The van der Waals surface area contributed by atoms with Crippen LogP contribution in [0.3, 0.4) is 0 Å². The van der Waals surface area contributed by atoms with Crippen LogP contribution in [0.15, 0.2) is 77.7 Å². The number of nitrogens with zero attached hydrogens (tertiary/aromatic N) is 1. The van der Waals surface area contributed by atoms with Gasteiger partial charge in [0.05, 0.1) is 12.7 Å². The van der Waals surface area contributed by atoms with E-state index in [0.29, 0.717) is 0 Å². The van der Waals surface area contributed by atoms with Crippen molar-refractivity contribution in [3.05, 3.63) is 95.3 Å². The maximum absolute atomic E-state index is 13.7. The first-order chi connectivity index (χ1) is 14.8. The van der Waals surface area contributed by atoms with Crippen molar-refractivity contribution in [3.63, 3.8) is 0 Å². The highest BCUT2D eigenvalue weighted by Crippen LogP contribution is 2.28. The normalized spacial score (nSPS) is 11.4. The van der Waals surface area contributed by atoms with E-state index in [0.717, 1.165) is 5.56 Å². The summed E-state index contributed by atoms with van der Waals surface area (Å²) in [5.74, 6) is -1.16. The molecule has 8 heteroatoms. The Balaban J connectivity index is 1.84. The van der Waals surface area contributed by atoms with Gasteiger partial charge in [0, 0.05) is 19.2 Å². The van der Waals surface area contributed by atoms with E-state index in [1.54, 1.807) is 6.07 Å². The monoisotopic (exact) mass is 443 g/mol. The van der Waals surface area contributed by atoms with Crippen molar-refractivity contribution in [1.82, 2.24) is 4.31 Å². The van der Waals surface area contributed by atoms with Crippen LogP contribution >= 0.6 is 0 Å². The van der Waals surface area contributed by atoms with E-state index < -0.39 is 21.8 Å². The number of halogens is 1. The van der Waals surface area contributed by atoms with E-state index in [4.69, 9.17) is 9.47 Å². The Labute approximate surface area is 180 Å². The maximum Gasteiger partial charge on any atom is 0.338 e. The zero-order chi connectivity index (χ0) is 22.4. The topological polar surface area (TPSA) is 72.9 Å². The van der Waals surface area contributed by atoms with Crippen LogP contribution in [0, 0.1) is 5.82 Å². The van der Waals surface area contributed by atoms with Gasteiger partial charge < -0.3 is 9.47 Å². The predicted molar refractivity (Wildman–Crippen MR) is 114 cm³/mol. The lowest BCUT2D eigenvalue weighted by atomic mass is 10.2. The average Bonchev–Trinajstić information content (AvgIpc) is 2.78. The van der Waals surface area contributed by atoms with Gasteiger partial charge in [0.25, 0.3) is 0 Å². The average molecular weight is 443 g/mol. The largest absolute Gasteiger partial charge is 0.495 e. The van der Waals surface area contributed by atoms with E-state index >= 15 is 0 Å². The molecule has 0 aromatic heterocycles. The first-order valence-corrected chi connectivity index (χ1v) is 10.9. The van der Waals surface area contributed by atoms with Crippen LogP contribution in [0.2, 0.25) is 0 Å². The molecule has 0 N–H and O–H groups in total. The lowest BCUT2D eigenvalue weighted by molar-refractivity contribution is 0.0468. The molecular formula is C23H22FNO5S. The molecule has 3 rings (SSSR count). The molecule has 0 atom stereocenters. The standard InChI is InChI=1S/C23H22FNO5S/c1-25(15-17-8-4-3-5-9-17)31(27,28)22-14-18(12-13-21(22)29-2)23(26)30-16-19-10-6-7-11-20(19)24/h3-14H,15-16H2,1-2H3. The maximum atomic E-state index is 13.7. The van der Waals surface area contributed by atoms with Crippen LogP contribution in [0.4, 0.5) is 4.39 Å². The Hall–Kier alpha value is -3.23. The molecule has 0 radical (unpaired) electrons. The fourth-order valence-electron chi connectivity index (χ4n) is 2.94. The van der Waals surface area contributed by atoms with Crippen molar-refractivity contribution in [1.29, 1.82) is 0 Å². The minimum atomic E-state index is -3.97. The second-order valence-corrected chi connectivity index (χ2v) is 8.79. The van der Waals surface area contributed by atoms with Crippen LogP contribution in [0.5, 0.6) is 5.75 Å². The summed E-state index contributed by atoms with van der Waals surface area (Å²) in [4.78, 5) is 12.3. The molecule has 31 heavy (non-hydrogen) atoms. The molecular weight excluding hydrogens is 421 g/mol. The van der Waals surface area contributed by atoms with Crippen molar-refractivity contribution >= 4 is 16.0 Å². The molecule has 0 saturated carbocycles. The number of carbonyl (C=O) groups is 1. The number of ether oxygens (including phenoxy) is 2. The molecule has 0 aliphatic rings. The number of hydrogen-bond donors (Lipinski definition) is 0. The van der Waals surface area contributed by atoms with E-state index in [9.17, 15) is 17.6 Å². The first-order valence-electron chi connectivity index (χ1n) is 9.41. The van der Waals surface area contributed by atoms with Gasteiger partial charge in [-0.25, -0.2) is 17.6 Å². The molecule has 0 aliphatic heterocycles. The van der Waals surface area contributed by atoms with Gasteiger partial charge in [0.2, 0.25) is 10.0 Å². The highest BCUT2D eigenvalue weighted by molar-refractivity contribution is 7.89. The van der Waals surface area contributed by atoms with Crippen LogP contribution in [-0.2, 0) is 27.9 Å². The lowest BCUT2D eigenvalue weighted by Gasteiger charge is -2.19. The van der Waals surface area contributed by atoms with Crippen molar-refractivity contribution < 1.29 is 27.1 Å². The molecule has 0 heterocycles. The molecule has 3 aromatic rings. The molecule has 6 nitrogen and oxygen atoms in total. The number of benzene rings is 3. The number of methoxy groups -OCH3 is 1. The first kappa shape index (κ1) is 22.5. The fourth-order valence-corrected chi connectivity index (χ4v) is 4.28. The van der Waals surface area contributed by atoms with Crippen LogP contribution in [-0.4, -0.2) is 32.8 Å². The third-order valence-corrected chi connectivity index (χ3v) is 6.48.